The van der Waals surface area contributed by atoms with E-state index >= 15 is 0 Å². The SMILES string of the molecule is COc1cccc(Nc2nc(-c3ccccc3)ncc2C(=O)NCCc2ccc(OC)c(OC)c2)c1. The third kappa shape index (κ3) is 5.90. The summed E-state index contributed by atoms with van der Waals surface area (Å²) < 4.78 is 16.0. The molecule has 184 valence electrons. The van der Waals surface area contributed by atoms with Crippen LogP contribution < -0.4 is 24.8 Å². The zero-order valence-corrected chi connectivity index (χ0v) is 20.4. The van der Waals surface area contributed by atoms with Crippen LogP contribution >= 0.6 is 0 Å². The minimum Gasteiger partial charge on any atom is -0.497 e. The summed E-state index contributed by atoms with van der Waals surface area (Å²) in [4.78, 5) is 22.3. The number of nitrogens with zero attached hydrogens (tertiary/aromatic N) is 2. The van der Waals surface area contributed by atoms with Crippen LogP contribution in [0.3, 0.4) is 0 Å². The topological polar surface area (TPSA) is 94.6 Å². The van der Waals surface area contributed by atoms with E-state index in [0.717, 1.165) is 16.8 Å². The molecule has 4 rings (SSSR count). The molecule has 1 aromatic heterocycles. The first kappa shape index (κ1) is 24.5. The van der Waals surface area contributed by atoms with Crippen LogP contribution in [0.15, 0.2) is 79.0 Å². The average molecular weight is 485 g/mol. The standard InChI is InChI=1S/C28H28N4O4/c1-34-22-11-7-10-21(17-22)31-27-23(18-30-26(32-27)20-8-5-4-6-9-20)28(33)29-15-14-19-12-13-24(35-2)25(16-19)36-3/h4-13,16-18H,14-15H2,1-3H3,(H,29,33)(H,30,31,32). The van der Waals surface area contributed by atoms with E-state index < -0.39 is 0 Å². The zero-order chi connectivity index (χ0) is 25.3. The molecule has 0 fully saturated rings. The highest BCUT2D eigenvalue weighted by Gasteiger charge is 2.16. The van der Waals surface area contributed by atoms with Gasteiger partial charge in [-0.1, -0.05) is 42.5 Å². The molecule has 1 heterocycles. The second-order valence-corrected chi connectivity index (χ2v) is 7.87. The molecule has 0 aliphatic heterocycles. The lowest BCUT2D eigenvalue weighted by Gasteiger charge is -2.14. The van der Waals surface area contributed by atoms with Crippen LogP contribution in [-0.4, -0.2) is 43.7 Å². The van der Waals surface area contributed by atoms with E-state index in [1.165, 1.54) is 0 Å². The summed E-state index contributed by atoms with van der Waals surface area (Å²) in [6.45, 7) is 0.424. The van der Waals surface area contributed by atoms with Crippen LogP contribution in [0.4, 0.5) is 11.5 Å². The Bertz CT molecular complexity index is 1330. The number of methoxy groups -OCH3 is 3. The molecule has 0 radical (unpaired) electrons. The van der Waals surface area contributed by atoms with Gasteiger partial charge in [0, 0.05) is 30.1 Å². The highest BCUT2D eigenvalue weighted by molar-refractivity contribution is 5.99. The molecule has 0 atom stereocenters. The Kier molecular flexibility index (Phi) is 7.97. The lowest BCUT2D eigenvalue weighted by molar-refractivity contribution is 0.0954. The van der Waals surface area contributed by atoms with Crippen molar-refractivity contribution in [3.05, 3.63) is 90.1 Å². The fourth-order valence-corrected chi connectivity index (χ4v) is 3.66. The van der Waals surface area contributed by atoms with Crippen molar-refractivity contribution in [2.24, 2.45) is 0 Å². The van der Waals surface area contributed by atoms with Crippen LogP contribution in [0.2, 0.25) is 0 Å². The van der Waals surface area contributed by atoms with Gasteiger partial charge in [-0.3, -0.25) is 4.79 Å². The molecular weight excluding hydrogens is 456 g/mol. The second-order valence-electron chi connectivity index (χ2n) is 7.87. The molecule has 4 aromatic rings. The van der Waals surface area contributed by atoms with Gasteiger partial charge in [-0.15, -0.1) is 0 Å². The Morgan fingerprint density at radius 3 is 2.42 bits per heavy atom. The van der Waals surface area contributed by atoms with Gasteiger partial charge in [-0.05, 0) is 36.2 Å². The molecule has 0 saturated heterocycles. The minimum atomic E-state index is -0.277. The van der Waals surface area contributed by atoms with Crippen LogP contribution in [0, 0.1) is 0 Å². The number of aromatic nitrogens is 2. The largest absolute Gasteiger partial charge is 0.497 e. The predicted molar refractivity (Wildman–Crippen MR) is 139 cm³/mol. The van der Waals surface area contributed by atoms with E-state index in [1.54, 1.807) is 27.5 Å². The Balaban J connectivity index is 1.54. The Morgan fingerprint density at radius 2 is 1.67 bits per heavy atom. The Hall–Kier alpha value is -4.59. The summed E-state index contributed by atoms with van der Waals surface area (Å²) in [6, 6.07) is 22.7. The number of hydrogen-bond donors (Lipinski definition) is 2. The van der Waals surface area contributed by atoms with Crippen molar-refractivity contribution in [1.29, 1.82) is 0 Å². The first-order valence-corrected chi connectivity index (χ1v) is 11.4. The van der Waals surface area contributed by atoms with Crippen molar-refractivity contribution in [3.63, 3.8) is 0 Å². The number of nitrogens with one attached hydrogen (secondary N) is 2. The number of benzene rings is 3. The van der Waals surface area contributed by atoms with Gasteiger partial charge in [0.25, 0.3) is 5.91 Å². The maximum absolute atomic E-state index is 13.1. The van der Waals surface area contributed by atoms with E-state index in [0.29, 0.717) is 47.4 Å². The van der Waals surface area contributed by atoms with E-state index in [1.807, 2.05) is 72.8 Å². The molecule has 2 N–H and O–H groups in total. The Morgan fingerprint density at radius 1 is 0.861 bits per heavy atom. The first-order chi connectivity index (χ1) is 17.6. The van der Waals surface area contributed by atoms with Gasteiger partial charge in [0.1, 0.15) is 17.1 Å². The summed E-state index contributed by atoms with van der Waals surface area (Å²) in [5, 5.41) is 6.22. The predicted octanol–water partition coefficient (Wildman–Crippen LogP) is 4.89. The summed E-state index contributed by atoms with van der Waals surface area (Å²) >= 11 is 0. The molecule has 0 unspecified atom stereocenters. The summed E-state index contributed by atoms with van der Waals surface area (Å²) in [5.74, 6) is 2.65. The molecule has 36 heavy (non-hydrogen) atoms. The number of ether oxygens (including phenoxy) is 3. The molecule has 0 aliphatic rings. The number of hydrogen-bond acceptors (Lipinski definition) is 7. The number of carbonyl (C=O) groups excluding carboxylic acids is 1. The second kappa shape index (κ2) is 11.7. The third-order valence-corrected chi connectivity index (χ3v) is 5.55. The van der Waals surface area contributed by atoms with E-state index in [-0.39, 0.29) is 5.91 Å². The van der Waals surface area contributed by atoms with Gasteiger partial charge >= 0.3 is 0 Å². The van der Waals surface area contributed by atoms with E-state index in [9.17, 15) is 4.79 Å². The molecule has 3 aromatic carbocycles. The zero-order valence-electron chi connectivity index (χ0n) is 20.4. The average Bonchev–Trinajstić information content (AvgIpc) is 2.93. The van der Waals surface area contributed by atoms with Crippen LogP contribution in [0.1, 0.15) is 15.9 Å². The van der Waals surface area contributed by atoms with E-state index in [2.05, 4.69) is 20.6 Å². The van der Waals surface area contributed by atoms with Gasteiger partial charge in [0.2, 0.25) is 0 Å². The molecule has 8 heteroatoms. The number of rotatable bonds is 10. The number of anilines is 2. The van der Waals surface area contributed by atoms with Gasteiger partial charge in [-0.2, -0.15) is 0 Å². The third-order valence-electron chi connectivity index (χ3n) is 5.55. The summed E-state index contributed by atoms with van der Waals surface area (Å²) in [6.07, 6.45) is 2.16. The van der Waals surface area contributed by atoms with E-state index in [4.69, 9.17) is 14.2 Å². The quantitative estimate of drug-likeness (QED) is 0.331. The van der Waals surface area contributed by atoms with Gasteiger partial charge < -0.3 is 24.8 Å². The summed E-state index contributed by atoms with van der Waals surface area (Å²) in [5.41, 5.74) is 2.95. The maximum atomic E-state index is 13.1. The fourth-order valence-electron chi connectivity index (χ4n) is 3.66. The molecule has 0 spiro atoms. The van der Waals surface area contributed by atoms with Crippen LogP contribution in [-0.2, 0) is 6.42 Å². The van der Waals surface area contributed by atoms with Gasteiger partial charge in [0.15, 0.2) is 17.3 Å². The highest BCUT2D eigenvalue weighted by Crippen LogP contribution is 2.28. The molecule has 0 aliphatic carbocycles. The lowest BCUT2D eigenvalue weighted by atomic mass is 10.1. The molecule has 0 saturated carbocycles. The fraction of sp³-hybridized carbons (Fsp3) is 0.179. The smallest absolute Gasteiger partial charge is 0.256 e. The van der Waals surface area contributed by atoms with Gasteiger partial charge in [0.05, 0.1) is 21.3 Å². The minimum absolute atomic E-state index is 0.277. The maximum Gasteiger partial charge on any atom is 0.256 e. The first-order valence-electron chi connectivity index (χ1n) is 11.4. The van der Waals surface area contributed by atoms with Crippen LogP contribution in [0.25, 0.3) is 11.4 Å². The van der Waals surface area contributed by atoms with Crippen molar-refractivity contribution < 1.29 is 19.0 Å². The Labute approximate surface area is 210 Å². The summed E-state index contributed by atoms with van der Waals surface area (Å²) in [7, 11) is 4.80. The number of amides is 1. The van der Waals surface area contributed by atoms with Gasteiger partial charge in [-0.25, -0.2) is 9.97 Å². The molecule has 1 amide bonds. The highest BCUT2D eigenvalue weighted by atomic mass is 16.5. The monoisotopic (exact) mass is 484 g/mol. The van der Waals surface area contributed by atoms with Crippen molar-refractivity contribution in [1.82, 2.24) is 15.3 Å². The van der Waals surface area contributed by atoms with Crippen molar-refractivity contribution in [3.8, 4) is 28.6 Å². The lowest BCUT2D eigenvalue weighted by Crippen LogP contribution is -2.27. The van der Waals surface area contributed by atoms with Crippen LogP contribution in [0.5, 0.6) is 17.2 Å². The normalized spacial score (nSPS) is 10.4. The van der Waals surface area contributed by atoms with Crippen molar-refractivity contribution in [2.75, 3.05) is 33.2 Å². The molecule has 8 nitrogen and oxygen atoms in total. The molecular formula is C28H28N4O4. The van der Waals surface area contributed by atoms with Crippen molar-refractivity contribution >= 4 is 17.4 Å². The molecule has 0 bridgehead atoms. The van der Waals surface area contributed by atoms with Crippen molar-refractivity contribution in [2.45, 2.75) is 6.42 Å². The number of carbonyl (C=O) groups is 1.